The molecule has 0 bridgehead atoms. The van der Waals surface area contributed by atoms with E-state index in [2.05, 4.69) is 20.3 Å². The first-order chi connectivity index (χ1) is 15.4. The van der Waals surface area contributed by atoms with Crippen LogP contribution in [0.1, 0.15) is 17.5 Å². The maximum absolute atomic E-state index is 13.5. The minimum atomic E-state index is -3.15. The highest BCUT2D eigenvalue weighted by Crippen LogP contribution is 2.30. The van der Waals surface area contributed by atoms with Gasteiger partial charge in [-0.2, -0.15) is 4.98 Å². The summed E-state index contributed by atoms with van der Waals surface area (Å²) in [6.07, 6.45) is -1.95. The van der Waals surface area contributed by atoms with Gasteiger partial charge in [0.25, 0.3) is 18.2 Å². The Hall–Kier alpha value is -3.42. The smallest absolute Gasteiger partial charge is 0.287 e. The molecular formula is C19H18F3N5O5S. The number of pyridine rings is 2. The van der Waals surface area contributed by atoms with Crippen LogP contribution in [0.25, 0.3) is 11.2 Å². The van der Waals surface area contributed by atoms with Gasteiger partial charge in [0.05, 0.1) is 23.2 Å². The van der Waals surface area contributed by atoms with Crippen molar-refractivity contribution >= 4 is 26.9 Å². The van der Waals surface area contributed by atoms with Crippen LogP contribution in [0, 0.1) is 5.82 Å². The topological polar surface area (TPSA) is 125 Å². The molecule has 4 heterocycles. The molecule has 3 aromatic heterocycles. The fraction of sp³-hybridized carbons (Fsp3) is 0.368. The first-order valence-electron chi connectivity index (χ1n) is 9.55. The van der Waals surface area contributed by atoms with Crippen LogP contribution < -0.4 is 14.8 Å². The van der Waals surface area contributed by atoms with E-state index in [1.165, 1.54) is 23.7 Å². The molecule has 14 heteroatoms. The third-order valence-electron chi connectivity index (χ3n) is 4.74. The Morgan fingerprint density at radius 1 is 1.30 bits per heavy atom. The van der Waals surface area contributed by atoms with E-state index in [1.807, 2.05) is 0 Å². The van der Waals surface area contributed by atoms with Gasteiger partial charge in [0.15, 0.2) is 21.2 Å². The highest BCUT2D eigenvalue weighted by molar-refractivity contribution is 7.93. The number of ether oxygens (including phenoxy) is 2. The van der Waals surface area contributed by atoms with Gasteiger partial charge in [-0.15, -0.1) is 0 Å². The third kappa shape index (κ3) is 4.84. The molecule has 0 radical (unpaired) electrons. The van der Waals surface area contributed by atoms with Gasteiger partial charge in [-0.1, -0.05) is 0 Å². The van der Waals surface area contributed by atoms with E-state index in [0.717, 1.165) is 12.3 Å². The van der Waals surface area contributed by atoms with Crippen molar-refractivity contribution < 1.29 is 35.9 Å². The van der Waals surface area contributed by atoms with E-state index in [0.29, 0.717) is 5.52 Å². The predicted molar refractivity (Wildman–Crippen MR) is 109 cm³/mol. The summed E-state index contributed by atoms with van der Waals surface area (Å²) in [5, 5.41) is 2.67. The molecule has 1 amide bonds. The summed E-state index contributed by atoms with van der Waals surface area (Å²) in [6, 6.07) is 3.77. The van der Waals surface area contributed by atoms with E-state index in [1.54, 1.807) is 6.92 Å². The normalized spacial score (nSPS) is 16.4. The fourth-order valence-corrected chi connectivity index (χ4v) is 5.48. The number of fused-ring (bicyclic) bond motifs is 1. The Balaban J connectivity index is 1.57. The third-order valence-corrected chi connectivity index (χ3v) is 6.89. The summed E-state index contributed by atoms with van der Waals surface area (Å²) < 4.78 is 73.1. The second-order valence-corrected chi connectivity index (χ2v) is 9.86. The standard InChI is InChI=1S/C19H18F3N5O5S/c1-19(8-33(29,30)9-19)26-17(28)16-24-11-3-4-14(25-15(11)27(16)2)32-18-12(31-7-13(21)22)5-10(20)6-23-18/h3-6,13H,7-9H2,1-2H3,(H,26,28). The first-order valence-corrected chi connectivity index (χ1v) is 11.4. The van der Waals surface area contributed by atoms with Crippen LogP contribution >= 0.6 is 0 Å². The second-order valence-electron chi connectivity index (χ2n) is 7.79. The molecule has 0 atom stereocenters. The summed E-state index contributed by atoms with van der Waals surface area (Å²) in [7, 11) is -1.62. The Morgan fingerprint density at radius 2 is 2.03 bits per heavy atom. The van der Waals surface area contributed by atoms with Crippen LogP contribution in [0.4, 0.5) is 13.2 Å². The van der Waals surface area contributed by atoms with Crippen molar-refractivity contribution in [1.29, 1.82) is 0 Å². The molecule has 1 N–H and O–H groups in total. The van der Waals surface area contributed by atoms with Crippen molar-refractivity contribution in [3.05, 3.63) is 36.0 Å². The molecule has 10 nitrogen and oxygen atoms in total. The molecule has 0 unspecified atom stereocenters. The number of alkyl halides is 2. The van der Waals surface area contributed by atoms with Crippen LogP contribution in [0.15, 0.2) is 24.4 Å². The molecule has 1 fully saturated rings. The van der Waals surface area contributed by atoms with Crippen molar-refractivity contribution in [3.63, 3.8) is 0 Å². The second kappa shape index (κ2) is 8.17. The Bertz CT molecular complexity index is 1330. The van der Waals surface area contributed by atoms with Gasteiger partial charge in [0, 0.05) is 19.2 Å². The van der Waals surface area contributed by atoms with Crippen LogP contribution in [0.5, 0.6) is 17.5 Å². The molecule has 0 aliphatic carbocycles. The first kappa shape index (κ1) is 22.8. The van der Waals surface area contributed by atoms with E-state index < -0.39 is 40.1 Å². The average molecular weight is 485 g/mol. The quantitative estimate of drug-likeness (QED) is 0.538. The SMILES string of the molecule is Cn1c(C(=O)NC2(C)CS(=O)(=O)C2)nc2ccc(Oc3ncc(F)cc3OCC(F)F)nc21. The number of imidazole rings is 1. The molecule has 1 saturated heterocycles. The van der Waals surface area contributed by atoms with Gasteiger partial charge in [-0.25, -0.2) is 31.6 Å². The lowest BCUT2D eigenvalue weighted by Gasteiger charge is -2.38. The van der Waals surface area contributed by atoms with Gasteiger partial charge in [0.1, 0.15) is 17.9 Å². The summed E-state index contributed by atoms with van der Waals surface area (Å²) in [6.45, 7) is 0.649. The van der Waals surface area contributed by atoms with E-state index in [9.17, 15) is 26.4 Å². The number of rotatable bonds is 7. The number of aromatic nitrogens is 4. The summed E-state index contributed by atoms with van der Waals surface area (Å²) in [5.74, 6) is -2.33. The highest BCUT2D eigenvalue weighted by Gasteiger charge is 2.46. The number of sulfone groups is 1. The molecule has 1 aliphatic rings. The van der Waals surface area contributed by atoms with Crippen molar-refractivity contribution in [2.24, 2.45) is 7.05 Å². The molecular weight excluding hydrogens is 467 g/mol. The van der Waals surface area contributed by atoms with E-state index in [-0.39, 0.29) is 40.5 Å². The van der Waals surface area contributed by atoms with Crippen molar-refractivity contribution in [3.8, 4) is 17.5 Å². The molecule has 176 valence electrons. The van der Waals surface area contributed by atoms with E-state index in [4.69, 9.17) is 9.47 Å². The van der Waals surface area contributed by atoms with Gasteiger partial charge in [0.2, 0.25) is 11.7 Å². The zero-order chi connectivity index (χ0) is 24.0. The Labute approximate surface area is 185 Å². The van der Waals surface area contributed by atoms with Crippen LogP contribution in [0.3, 0.4) is 0 Å². The van der Waals surface area contributed by atoms with Crippen LogP contribution in [-0.2, 0) is 16.9 Å². The molecule has 0 aromatic carbocycles. The molecule has 0 saturated carbocycles. The Kier molecular flexibility index (Phi) is 5.64. The lowest BCUT2D eigenvalue weighted by molar-refractivity contribution is 0.0801. The predicted octanol–water partition coefficient (Wildman–Crippen LogP) is 1.86. The summed E-state index contributed by atoms with van der Waals surface area (Å²) in [5.41, 5.74) is -0.276. The molecule has 0 spiro atoms. The average Bonchev–Trinajstić information content (AvgIpc) is 3.02. The van der Waals surface area contributed by atoms with Gasteiger partial charge >= 0.3 is 0 Å². The lowest BCUT2D eigenvalue weighted by Crippen LogP contribution is -2.63. The minimum absolute atomic E-state index is 0.000959. The van der Waals surface area contributed by atoms with Gasteiger partial charge in [-0.3, -0.25) is 4.79 Å². The highest BCUT2D eigenvalue weighted by atomic mass is 32.2. The number of hydrogen-bond donors (Lipinski definition) is 1. The maximum Gasteiger partial charge on any atom is 0.287 e. The van der Waals surface area contributed by atoms with Gasteiger partial charge in [-0.05, 0) is 13.0 Å². The molecule has 4 rings (SSSR count). The van der Waals surface area contributed by atoms with Crippen LogP contribution in [-0.4, -0.2) is 63.9 Å². The Morgan fingerprint density at radius 3 is 2.70 bits per heavy atom. The number of amides is 1. The fourth-order valence-electron chi connectivity index (χ4n) is 3.48. The van der Waals surface area contributed by atoms with E-state index >= 15 is 0 Å². The van der Waals surface area contributed by atoms with Crippen molar-refractivity contribution in [1.82, 2.24) is 24.8 Å². The van der Waals surface area contributed by atoms with Crippen molar-refractivity contribution in [2.75, 3.05) is 18.1 Å². The monoisotopic (exact) mass is 485 g/mol. The van der Waals surface area contributed by atoms with Gasteiger partial charge < -0.3 is 19.4 Å². The number of nitrogens with zero attached hydrogens (tertiary/aromatic N) is 4. The molecule has 1 aliphatic heterocycles. The lowest BCUT2D eigenvalue weighted by atomic mass is 10.1. The van der Waals surface area contributed by atoms with Crippen molar-refractivity contribution in [2.45, 2.75) is 18.9 Å². The number of nitrogens with one attached hydrogen (secondary N) is 1. The maximum atomic E-state index is 13.5. The summed E-state index contributed by atoms with van der Waals surface area (Å²) in [4.78, 5) is 24.9. The number of carbonyl (C=O) groups is 1. The summed E-state index contributed by atoms with van der Waals surface area (Å²) >= 11 is 0. The number of carbonyl (C=O) groups excluding carboxylic acids is 1. The largest absolute Gasteiger partial charge is 0.482 e. The minimum Gasteiger partial charge on any atom is -0.482 e. The number of halogens is 3. The zero-order valence-electron chi connectivity index (χ0n) is 17.4. The zero-order valence-corrected chi connectivity index (χ0v) is 18.2. The van der Waals surface area contributed by atoms with Crippen LogP contribution in [0.2, 0.25) is 0 Å². The number of hydrogen-bond acceptors (Lipinski definition) is 8. The number of aryl methyl sites for hydroxylation is 1. The molecule has 3 aromatic rings. The molecule has 33 heavy (non-hydrogen) atoms.